The molecule has 0 saturated carbocycles. The molecule has 0 saturated heterocycles. The first kappa shape index (κ1) is 26.3. The summed E-state index contributed by atoms with van der Waals surface area (Å²) >= 11 is 8.37. The normalized spacial score (nSPS) is 12.2. The van der Waals surface area contributed by atoms with Crippen LogP contribution in [0.5, 0.6) is 0 Å². The summed E-state index contributed by atoms with van der Waals surface area (Å²) in [5.74, 6) is 0.0588. The summed E-state index contributed by atoms with van der Waals surface area (Å²) in [7, 11) is -4.00. The second kappa shape index (κ2) is 9.92. The van der Waals surface area contributed by atoms with Crippen LogP contribution in [-0.2, 0) is 16.6 Å². The highest BCUT2D eigenvalue weighted by atomic mass is 35.5. The van der Waals surface area contributed by atoms with Crippen LogP contribution in [0.4, 0.5) is 0 Å². The first-order valence-corrected chi connectivity index (χ1v) is 14.1. The number of benzene rings is 3. The van der Waals surface area contributed by atoms with E-state index < -0.39 is 15.9 Å². The van der Waals surface area contributed by atoms with Crippen molar-refractivity contribution in [3.63, 3.8) is 0 Å². The molecule has 0 unspecified atom stereocenters. The molecule has 4 aromatic rings. The van der Waals surface area contributed by atoms with Crippen LogP contribution in [-0.4, -0.2) is 28.6 Å². The average molecular weight is 542 g/mol. The third-order valence-electron chi connectivity index (χ3n) is 5.54. The molecule has 6 nitrogen and oxygen atoms in total. The van der Waals surface area contributed by atoms with Gasteiger partial charge in [0.15, 0.2) is 0 Å². The summed E-state index contributed by atoms with van der Waals surface area (Å²) in [5, 5.41) is 0.656. The van der Waals surface area contributed by atoms with Crippen molar-refractivity contribution >= 4 is 50.3 Å². The first-order valence-electron chi connectivity index (χ1n) is 11.4. The average Bonchev–Trinajstić information content (AvgIpc) is 3.08. The number of carbonyl (C=O) groups excluding carboxylic acids is 1. The summed E-state index contributed by atoms with van der Waals surface area (Å²) in [5.41, 5.74) is 3.51. The molecular weight excluding hydrogens is 514 g/mol. The van der Waals surface area contributed by atoms with Gasteiger partial charge in [0, 0.05) is 20.2 Å². The Hall–Kier alpha value is -2.81. The lowest BCUT2D eigenvalue weighted by Gasteiger charge is -2.18. The molecule has 1 heterocycles. The van der Waals surface area contributed by atoms with Crippen molar-refractivity contribution in [2.24, 2.45) is 0 Å². The zero-order valence-corrected chi connectivity index (χ0v) is 23.2. The second-order valence-electron chi connectivity index (χ2n) is 9.66. The summed E-state index contributed by atoms with van der Waals surface area (Å²) in [6.07, 6.45) is 0. The summed E-state index contributed by atoms with van der Waals surface area (Å²) in [6.45, 7) is 10.7. The third kappa shape index (κ3) is 5.94. The number of rotatable bonds is 6. The molecule has 1 amide bonds. The van der Waals surface area contributed by atoms with Crippen molar-refractivity contribution in [1.29, 1.82) is 0 Å². The topological polar surface area (TPSA) is 81.1 Å². The minimum atomic E-state index is -4.00. The number of aryl methyl sites for hydroxylation is 2. The maximum Gasteiger partial charge on any atom is 0.265 e. The maximum absolute atomic E-state index is 12.9. The standard InChI is InChI=1S/C27H28ClN3O3S2/c1-17-6-11-22(12-7-17)36(33,34)30-26(32)19-9-13-24-25(14-19)31(18(2)29-24)16-20-8-10-21(15-23(20)28)35-27(3,4)5/h6-15H,16H2,1-5H3,(H,30,32). The fraction of sp³-hybridized carbons (Fsp3) is 0.259. The molecule has 0 radical (unpaired) electrons. The molecule has 0 atom stereocenters. The van der Waals surface area contributed by atoms with Crippen LogP contribution in [0.1, 0.15) is 48.1 Å². The van der Waals surface area contributed by atoms with Crippen molar-refractivity contribution < 1.29 is 13.2 Å². The molecule has 1 N–H and O–H groups in total. The fourth-order valence-corrected chi connectivity index (χ4v) is 6.08. The van der Waals surface area contributed by atoms with Crippen molar-refractivity contribution in [2.45, 2.75) is 55.7 Å². The molecule has 1 aromatic heterocycles. The highest BCUT2D eigenvalue weighted by molar-refractivity contribution is 8.00. The fourth-order valence-electron chi connectivity index (χ4n) is 3.78. The van der Waals surface area contributed by atoms with Gasteiger partial charge in [-0.25, -0.2) is 18.1 Å². The number of amides is 1. The van der Waals surface area contributed by atoms with E-state index in [2.05, 4.69) is 36.5 Å². The first-order chi connectivity index (χ1) is 16.8. The van der Waals surface area contributed by atoms with E-state index in [0.29, 0.717) is 17.1 Å². The molecular formula is C27H28ClN3O3S2. The SMILES string of the molecule is Cc1ccc(S(=O)(=O)NC(=O)c2ccc3nc(C)n(Cc4ccc(SC(C)(C)C)cc4Cl)c3c2)cc1. The zero-order valence-electron chi connectivity index (χ0n) is 20.8. The minimum Gasteiger partial charge on any atom is -0.324 e. The van der Waals surface area contributed by atoms with Gasteiger partial charge in [0.2, 0.25) is 0 Å². The number of hydrogen-bond donors (Lipinski definition) is 1. The van der Waals surface area contributed by atoms with E-state index in [1.165, 1.54) is 12.1 Å². The van der Waals surface area contributed by atoms with E-state index in [4.69, 9.17) is 11.6 Å². The molecule has 36 heavy (non-hydrogen) atoms. The molecule has 188 valence electrons. The maximum atomic E-state index is 12.9. The van der Waals surface area contributed by atoms with E-state index in [1.807, 2.05) is 30.5 Å². The van der Waals surface area contributed by atoms with Crippen LogP contribution in [0.2, 0.25) is 5.02 Å². The van der Waals surface area contributed by atoms with Gasteiger partial charge in [0.05, 0.1) is 22.5 Å². The third-order valence-corrected chi connectivity index (χ3v) is 8.34. The Morgan fingerprint density at radius 1 is 1.03 bits per heavy atom. The lowest BCUT2D eigenvalue weighted by molar-refractivity contribution is 0.0981. The van der Waals surface area contributed by atoms with Gasteiger partial charge < -0.3 is 4.57 Å². The number of sulfonamides is 1. The summed E-state index contributed by atoms with van der Waals surface area (Å²) in [4.78, 5) is 18.6. The lowest BCUT2D eigenvalue weighted by atomic mass is 10.2. The van der Waals surface area contributed by atoms with Crippen LogP contribution in [0.3, 0.4) is 0 Å². The number of carbonyl (C=O) groups is 1. The quantitative estimate of drug-likeness (QED) is 0.287. The summed E-state index contributed by atoms with van der Waals surface area (Å²) in [6, 6.07) is 17.3. The molecule has 0 spiro atoms. The number of nitrogens with zero attached hydrogens (tertiary/aromatic N) is 2. The smallest absolute Gasteiger partial charge is 0.265 e. The van der Waals surface area contributed by atoms with Crippen molar-refractivity contribution in [3.05, 3.63) is 88.2 Å². The number of halogens is 1. The summed E-state index contributed by atoms with van der Waals surface area (Å²) < 4.78 is 29.6. The molecule has 0 aliphatic carbocycles. The number of fused-ring (bicyclic) bond motifs is 1. The second-order valence-corrected chi connectivity index (χ2v) is 13.7. The Morgan fingerprint density at radius 2 is 1.72 bits per heavy atom. The predicted molar refractivity (Wildman–Crippen MR) is 146 cm³/mol. The van der Waals surface area contributed by atoms with Crippen LogP contribution in [0, 0.1) is 13.8 Å². The van der Waals surface area contributed by atoms with Gasteiger partial charge in [-0.15, -0.1) is 11.8 Å². The van der Waals surface area contributed by atoms with Gasteiger partial charge in [-0.2, -0.15) is 0 Å². The molecule has 0 aliphatic heterocycles. The van der Waals surface area contributed by atoms with Gasteiger partial charge in [-0.1, -0.05) is 56.1 Å². The van der Waals surface area contributed by atoms with Crippen LogP contribution in [0.15, 0.2) is 70.5 Å². The van der Waals surface area contributed by atoms with Crippen molar-refractivity contribution in [1.82, 2.24) is 14.3 Å². The van der Waals surface area contributed by atoms with Crippen LogP contribution < -0.4 is 4.72 Å². The molecule has 0 fully saturated rings. The van der Waals surface area contributed by atoms with Gasteiger partial charge in [0.25, 0.3) is 15.9 Å². The minimum absolute atomic E-state index is 0.0335. The Morgan fingerprint density at radius 3 is 2.36 bits per heavy atom. The van der Waals surface area contributed by atoms with Gasteiger partial charge in [-0.3, -0.25) is 4.79 Å². The van der Waals surface area contributed by atoms with Crippen molar-refractivity contribution in [3.8, 4) is 0 Å². The van der Waals surface area contributed by atoms with Crippen molar-refractivity contribution in [2.75, 3.05) is 0 Å². The van der Waals surface area contributed by atoms with E-state index in [0.717, 1.165) is 27.4 Å². The number of imidazole rings is 1. The van der Waals surface area contributed by atoms with E-state index >= 15 is 0 Å². The number of aromatic nitrogens is 2. The highest BCUT2D eigenvalue weighted by Crippen LogP contribution is 2.34. The lowest BCUT2D eigenvalue weighted by Crippen LogP contribution is -2.30. The molecule has 3 aromatic carbocycles. The largest absolute Gasteiger partial charge is 0.324 e. The Balaban J connectivity index is 1.62. The Bertz CT molecular complexity index is 1550. The van der Waals surface area contributed by atoms with E-state index in [1.54, 1.807) is 42.1 Å². The van der Waals surface area contributed by atoms with Crippen LogP contribution in [0.25, 0.3) is 11.0 Å². The zero-order chi connectivity index (χ0) is 26.3. The molecule has 0 aliphatic rings. The van der Waals surface area contributed by atoms with E-state index in [-0.39, 0.29) is 15.2 Å². The van der Waals surface area contributed by atoms with Gasteiger partial charge in [0.1, 0.15) is 5.82 Å². The number of hydrogen-bond acceptors (Lipinski definition) is 5. The monoisotopic (exact) mass is 541 g/mol. The number of thioether (sulfide) groups is 1. The van der Waals surface area contributed by atoms with E-state index in [9.17, 15) is 13.2 Å². The van der Waals surface area contributed by atoms with Crippen LogP contribution >= 0.6 is 23.4 Å². The van der Waals surface area contributed by atoms with Gasteiger partial charge >= 0.3 is 0 Å². The predicted octanol–water partition coefficient (Wildman–Crippen LogP) is 6.36. The Kier molecular flexibility index (Phi) is 7.23. The highest BCUT2D eigenvalue weighted by Gasteiger charge is 2.20. The molecule has 4 rings (SSSR count). The molecule has 9 heteroatoms. The Labute approximate surface area is 221 Å². The number of nitrogens with one attached hydrogen (secondary N) is 1. The molecule has 0 bridgehead atoms. The van der Waals surface area contributed by atoms with Gasteiger partial charge in [-0.05, 0) is 61.9 Å².